The Labute approximate surface area is 110 Å². The Morgan fingerprint density at radius 3 is 2.63 bits per heavy atom. The van der Waals surface area contributed by atoms with Gasteiger partial charge < -0.3 is 5.11 Å². The summed E-state index contributed by atoms with van der Waals surface area (Å²) in [6.45, 7) is 1.79. The Bertz CT molecular complexity index is 609. The summed E-state index contributed by atoms with van der Waals surface area (Å²) in [6, 6.07) is 9.70. The lowest BCUT2D eigenvalue weighted by molar-refractivity contribution is 0.0954. The lowest BCUT2D eigenvalue weighted by Crippen LogP contribution is -2.19. The first-order valence-corrected chi connectivity index (χ1v) is 5.71. The van der Waals surface area contributed by atoms with Gasteiger partial charge in [0, 0.05) is 23.5 Å². The highest BCUT2D eigenvalue weighted by atomic mass is 16.3. The SMILES string of the molecule is C/C(=N/NC(=O)c1cccc(O)c1)c1ccncc1. The van der Waals surface area contributed by atoms with Gasteiger partial charge in [0.25, 0.3) is 5.91 Å². The van der Waals surface area contributed by atoms with Crippen molar-refractivity contribution < 1.29 is 9.90 Å². The number of nitrogens with zero attached hydrogens (tertiary/aromatic N) is 2. The lowest BCUT2D eigenvalue weighted by Gasteiger charge is -2.03. The minimum Gasteiger partial charge on any atom is -0.508 e. The van der Waals surface area contributed by atoms with E-state index in [0.29, 0.717) is 11.3 Å². The fraction of sp³-hybridized carbons (Fsp3) is 0.0714. The molecule has 0 fully saturated rings. The second kappa shape index (κ2) is 5.77. The maximum absolute atomic E-state index is 11.8. The van der Waals surface area contributed by atoms with E-state index in [4.69, 9.17) is 0 Å². The second-order valence-electron chi connectivity index (χ2n) is 3.92. The van der Waals surface area contributed by atoms with Gasteiger partial charge in [0.2, 0.25) is 0 Å². The summed E-state index contributed by atoms with van der Waals surface area (Å²) < 4.78 is 0. The van der Waals surface area contributed by atoms with E-state index in [9.17, 15) is 9.90 Å². The number of pyridine rings is 1. The lowest BCUT2D eigenvalue weighted by atomic mass is 10.2. The Morgan fingerprint density at radius 2 is 1.95 bits per heavy atom. The highest BCUT2D eigenvalue weighted by molar-refractivity contribution is 6.00. The third-order valence-electron chi connectivity index (χ3n) is 2.53. The first-order chi connectivity index (χ1) is 9.16. The zero-order valence-corrected chi connectivity index (χ0v) is 10.4. The summed E-state index contributed by atoms with van der Waals surface area (Å²) in [7, 11) is 0. The molecule has 0 saturated carbocycles. The molecule has 0 aliphatic rings. The van der Waals surface area contributed by atoms with Crippen molar-refractivity contribution in [3.63, 3.8) is 0 Å². The van der Waals surface area contributed by atoms with E-state index in [1.54, 1.807) is 43.6 Å². The largest absolute Gasteiger partial charge is 0.508 e. The summed E-state index contributed by atoms with van der Waals surface area (Å²) in [5.74, 6) is -0.327. The molecule has 2 aromatic rings. The fourth-order valence-corrected chi connectivity index (χ4v) is 1.50. The van der Waals surface area contributed by atoms with Gasteiger partial charge in [-0.3, -0.25) is 9.78 Å². The number of carbonyl (C=O) groups excluding carboxylic acids is 1. The Kier molecular flexibility index (Phi) is 3.87. The van der Waals surface area contributed by atoms with Crippen LogP contribution in [-0.2, 0) is 0 Å². The molecule has 1 aromatic carbocycles. The number of nitrogens with one attached hydrogen (secondary N) is 1. The molecule has 0 aliphatic heterocycles. The summed E-state index contributed by atoms with van der Waals surface area (Å²) >= 11 is 0. The third kappa shape index (κ3) is 3.38. The standard InChI is InChI=1S/C14H13N3O2/c1-10(11-5-7-15-8-6-11)16-17-14(19)12-3-2-4-13(18)9-12/h2-9,18H,1H3,(H,17,19)/b16-10-. The van der Waals surface area contributed by atoms with E-state index >= 15 is 0 Å². The Balaban J connectivity index is 2.08. The Morgan fingerprint density at radius 1 is 1.21 bits per heavy atom. The van der Waals surface area contributed by atoms with Gasteiger partial charge in [0.1, 0.15) is 5.75 Å². The molecule has 0 saturated heterocycles. The monoisotopic (exact) mass is 255 g/mol. The molecular formula is C14H13N3O2. The van der Waals surface area contributed by atoms with Crippen molar-refractivity contribution in [1.82, 2.24) is 10.4 Å². The molecule has 0 bridgehead atoms. The van der Waals surface area contributed by atoms with Crippen molar-refractivity contribution in [2.75, 3.05) is 0 Å². The molecule has 5 nitrogen and oxygen atoms in total. The highest BCUT2D eigenvalue weighted by Gasteiger charge is 2.05. The van der Waals surface area contributed by atoms with Crippen LogP contribution in [-0.4, -0.2) is 21.7 Å². The van der Waals surface area contributed by atoms with Crippen LogP contribution in [0.4, 0.5) is 0 Å². The van der Waals surface area contributed by atoms with Crippen molar-refractivity contribution >= 4 is 11.6 Å². The summed E-state index contributed by atoms with van der Waals surface area (Å²) in [5, 5.41) is 13.3. The van der Waals surface area contributed by atoms with Crippen LogP contribution in [0.5, 0.6) is 5.75 Å². The minimum absolute atomic E-state index is 0.0440. The van der Waals surface area contributed by atoms with Crippen molar-refractivity contribution in [3.05, 3.63) is 59.9 Å². The number of hydrogen-bond acceptors (Lipinski definition) is 4. The zero-order valence-electron chi connectivity index (χ0n) is 10.4. The van der Waals surface area contributed by atoms with Gasteiger partial charge in [-0.15, -0.1) is 0 Å². The van der Waals surface area contributed by atoms with Crippen molar-refractivity contribution in [1.29, 1.82) is 0 Å². The van der Waals surface area contributed by atoms with E-state index in [1.165, 1.54) is 12.1 Å². The molecule has 19 heavy (non-hydrogen) atoms. The van der Waals surface area contributed by atoms with Crippen LogP contribution in [0.15, 0.2) is 53.9 Å². The number of amides is 1. The third-order valence-corrected chi connectivity index (χ3v) is 2.53. The predicted octanol–water partition coefficient (Wildman–Crippen LogP) is 1.94. The highest BCUT2D eigenvalue weighted by Crippen LogP contribution is 2.10. The topological polar surface area (TPSA) is 74.6 Å². The number of carbonyl (C=O) groups is 1. The second-order valence-corrected chi connectivity index (χ2v) is 3.92. The van der Waals surface area contributed by atoms with Crippen molar-refractivity contribution in [2.45, 2.75) is 6.92 Å². The molecule has 96 valence electrons. The van der Waals surface area contributed by atoms with Crippen LogP contribution in [0.2, 0.25) is 0 Å². The van der Waals surface area contributed by atoms with E-state index < -0.39 is 0 Å². The number of phenols is 1. The number of hydrogen-bond donors (Lipinski definition) is 2. The number of aromatic hydroxyl groups is 1. The van der Waals surface area contributed by atoms with Gasteiger partial charge in [-0.1, -0.05) is 6.07 Å². The average molecular weight is 255 g/mol. The molecule has 5 heteroatoms. The van der Waals surface area contributed by atoms with E-state index in [1.807, 2.05) is 0 Å². The van der Waals surface area contributed by atoms with Gasteiger partial charge >= 0.3 is 0 Å². The van der Waals surface area contributed by atoms with E-state index in [-0.39, 0.29) is 11.7 Å². The molecule has 0 aliphatic carbocycles. The molecule has 1 amide bonds. The maximum Gasteiger partial charge on any atom is 0.271 e. The summed E-state index contributed by atoms with van der Waals surface area (Å²) in [6.07, 6.45) is 3.32. The first-order valence-electron chi connectivity index (χ1n) is 5.71. The van der Waals surface area contributed by atoms with Crippen molar-refractivity contribution in [3.8, 4) is 5.75 Å². The number of benzene rings is 1. The fourth-order valence-electron chi connectivity index (χ4n) is 1.50. The number of hydrazone groups is 1. The molecular weight excluding hydrogens is 242 g/mol. The van der Waals surface area contributed by atoms with Crippen LogP contribution in [0.25, 0.3) is 0 Å². The Hall–Kier alpha value is -2.69. The number of rotatable bonds is 3. The van der Waals surface area contributed by atoms with Crippen LogP contribution >= 0.6 is 0 Å². The zero-order chi connectivity index (χ0) is 13.7. The van der Waals surface area contributed by atoms with Gasteiger partial charge in [0.05, 0.1) is 5.71 Å². The molecule has 1 heterocycles. The summed E-state index contributed by atoms with van der Waals surface area (Å²) in [4.78, 5) is 15.7. The molecule has 2 N–H and O–H groups in total. The molecule has 0 spiro atoms. The molecule has 0 unspecified atom stereocenters. The minimum atomic E-state index is -0.371. The number of phenolic OH excluding ortho intramolecular Hbond substituents is 1. The van der Waals surface area contributed by atoms with Gasteiger partial charge in [-0.05, 0) is 37.3 Å². The van der Waals surface area contributed by atoms with Crippen molar-refractivity contribution in [2.24, 2.45) is 5.10 Å². The predicted molar refractivity (Wildman–Crippen MR) is 72.0 cm³/mol. The van der Waals surface area contributed by atoms with Crippen LogP contribution in [0.1, 0.15) is 22.8 Å². The molecule has 0 atom stereocenters. The van der Waals surface area contributed by atoms with Gasteiger partial charge in [0.15, 0.2) is 0 Å². The smallest absolute Gasteiger partial charge is 0.271 e. The molecule has 2 rings (SSSR count). The van der Waals surface area contributed by atoms with Crippen LogP contribution < -0.4 is 5.43 Å². The molecule has 0 radical (unpaired) electrons. The number of aromatic nitrogens is 1. The van der Waals surface area contributed by atoms with Gasteiger partial charge in [-0.2, -0.15) is 5.10 Å². The summed E-state index contributed by atoms with van der Waals surface area (Å²) in [5.41, 5.74) is 4.35. The molecule has 1 aromatic heterocycles. The van der Waals surface area contributed by atoms with Crippen LogP contribution in [0, 0.1) is 0 Å². The maximum atomic E-state index is 11.8. The van der Waals surface area contributed by atoms with Gasteiger partial charge in [-0.25, -0.2) is 5.43 Å². The average Bonchev–Trinajstić information content (AvgIpc) is 2.45. The first kappa shape index (κ1) is 12.8. The normalized spacial score (nSPS) is 11.1. The quantitative estimate of drug-likeness (QED) is 0.650. The van der Waals surface area contributed by atoms with Crippen LogP contribution in [0.3, 0.4) is 0 Å². The van der Waals surface area contributed by atoms with E-state index in [0.717, 1.165) is 5.56 Å². The van der Waals surface area contributed by atoms with E-state index in [2.05, 4.69) is 15.5 Å².